The van der Waals surface area contributed by atoms with Gasteiger partial charge < -0.3 is 4.55 Å². The van der Waals surface area contributed by atoms with Crippen molar-refractivity contribution in [2.75, 3.05) is 0 Å². The summed E-state index contributed by atoms with van der Waals surface area (Å²) in [5.41, 5.74) is 1.86. The average Bonchev–Trinajstić information content (AvgIpc) is 2.54. The standard InChI is InChI=1S/C20H28O3S.K/c1-3-5-7-9-16-11-14-19-18(15-16)13-12-17(10-8-6-4-2)20(19)24(21,22)23;/h11-15H,3-10H2,1-2H3,(H,21,22,23);/q;+1/p-1. The molecule has 0 spiro atoms. The van der Waals surface area contributed by atoms with E-state index in [-0.39, 0.29) is 56.3 Å². The normalized spacial score (nSPS) is 11.5. The van der Waals surface area contributed by atoms with Crippen LogP contribution in [0.1, 0.15) is 63.5 Å². The first kappa shape index (κ1) is 23.3. The topological polar surface area (TPSA) is 57.2 Å². The first-order chi connectivity index (χ1) is 11.5. The molecule has 0 amide bonds. The Morgan fingerprint density at radius 1 is 0.880 bits per heavy atom. The number of fused-ring (bicyclic) bond motifs is 1. The van der Waals surface area contributed by atoms with Gasteiger partial charge in [-0.05, 0) is 47.6 Å². The van der Waals surface area contributed by atoms with Crippen molar-refractivity contribution >= 4 is 20.9 Å². The maximum Gasteiger partial charge on any atom is 1.00 e. The Kier molecular flexibility index (Phi) is 10.4. The summed E-state index contributed by atoms with van der Waals surface area (Å²) >= 11 is 0. The molecule has 0 N–H and O–H groups in total. The van der Waals surface area contributed by atoms with Gasteiger partial charge in [-0.2, -0.15) is 0 Å². The molecular formula is C20H27KO3S. The quantitative estimate of drug-likeness (QED) is 0.377. The van der Waals surface area contributed by atoms with Crippen molar-refractivity contribution in [1.29, 1.82) is 0 Å². The second-order valence-corrected chi connectivity index (χ2v) is 7.79. The first-order valence-electron chi connectivity index (χ1n) is 8.97. The summed E-state index contributed by atoms with van der Waals surface area (Å²) in [4.78, 5) is -0.0174. The summed E-state index contributed by atoms with van der Waals surface area (Å²) in [5.74, 6) is 0. The van der Waals surface area contributed by atoms with E-state index in [0.717, 1.165) is 37.5 Å². The van der Waals surface area contributed by atoms with Crippen molar-refractivity contribution in [3.63, 3.8) is 0 Å². The van der Waals surface area contributed by atoms with E-state index in [0.29, 0.717) is 17.4 Å². The van der Waals surface area contributed by atoms with Crippen LogP contribution in [-0.2, 0) is 23.0 Å². The molecular weight excluding hydrogens is 359 g/mol. The Morgan fingerprint density at radius 2 is 1.52 bits per heavy atom. The molecule has 0 saturated heterocycles. The van der Waals surface area contributed by atoms with E-state index in [1.165, 1.54) is 18.4 Å². The third kappa shape index (κ3) is 6.72. The fourth-order valence-electron chi connectivity index (χ4n) is 3.19. The molecule has 0 fully saturated rings. The second-order valence-electron chi connectivity index (χ2n) is 6.48. The van der Waals surface area contributed by atoms with Crippen molar-refractivity contribution in [1.82, 2.24) is 0 Å². The van der Waals surface area contributed by atoms with E-state index in [1.54, 1.807) is 0 Å². The van der Waals surface area contributed by atoms with Gasteiger partial charge in [-0.15, -0.1) is 0 Å². The van der Waals surface area contributed by atoms with Gasteiger partial charge in [0.2, 0.25) is 0 Å². The molecule has 0 bridgehead atoms. The number of hydrogen-bond donors (Lipinski definition) is 0. The number of benzene rings is 2. The Balaban J connectivity index is 0.00000312. The van der Waals surface area contributed by atoms with Crippen LogP contribution in [0, 0.1) is 0 Å². The molecule has 0 aromatic heterocycles. The van der Waals surface area contributed by atoms with Crippen molar-refractivity contribution in [3.8, 4) is 0 Å². The summed E-state index contributed by atoms with van der Waals surface area (Å²) in [6, 6.07) is 9.57. The smallest absolute Gasteiger partial charge is 0.744 e. The molecule has 2 aromatic carbocycles. The molecule has 132 valence electrons. The van der Waals surface area contributed by atoms with Crippen LogP contribution in [0.5, 0.6) is 0 Å². The summed E-state index contributed by atoms with van der Waals surface area (Å²) in [5, 5.41) is 1.41. The van der Waals surface area contributed by atoms with Crippen molar-refractivity contribution in [3.05, 3.63) is 41.5 Å². The van der Waals surface area contributed by atoms with Crippen molar-refractivity contribution < 1.29 is 64.4 Å². The molecule has 5 heteroatoms. The Labute approximate surface area is 194 Å². The molecule has 0 saturated carbocycles. The van der Waals surface area contributed by atoms with Crippen LogP contribution >= 0.6 is 0 Å². The SMILES string of the molecule is CCCCCc1ccc2c(S(=O)(=O)[O-])c(CCCCC)ccc2c1.[K+]. The molecule has 0 heterocycles. The molecule has 0 radical (unpaired) electrons. The summed E-state index contributed by atoms with van der Waals surface area (Å²) in [6.45, 7) is 4.28. The molecule has 2 aromatic rings. The summed E-state index contributed by atoms with van der Waals surface area (Å²) in [7, 11) is -4.48. The third-order valence-electron chi connectivity index (χ3n) is 4.49. The predicted octanol–water partition coefficient (Wildman–Crippen LogP) is 2.21. The van der Waals surface area contributed by atoms with Gasteiger partial charge in [-0.25, -0.2) is 8.42 Å². The van der Waals surface area contributed by atoms with E-state index in [4.69, 9.17) is 0 Å². The second kappa shape index (κ2) is 11.2. The Hall–Kier alpha value is 0.246. The fourth-order valence-corrected chi connectivity index (χ4v) is 4.13. The minimum absolute atomic E-state index is 0. The maximum absolute atomic E-state index is 11.8. The van der Waals surface area contributed by atoms with Crippen LogP contribution in [-0.4, -0.2) is 13.0 Å². The zero-order valence-electron chi connectivity index (χ0n) is 15.7. The van der Waals surface area contributed by atoms with Gasteiger partial charge in [0.05, 0.1) is 4.90 Å². The van der Waals surface area contributed by atoms with Crippen LogP contribution in [0.3, 0.4) is 0 Å². The van der Waals surface area contributed by atoms with Crippen molar-refractivity contribution in [2.24, 2.45) is 0 Å². The van der Waals surface area contributed by atoms with Crippen LogP contribution in [0.2, 0.25) is 0 Å². The van der Waals surface area contributed by atoms with Crippen molar-refractivity contribution in [2.45, 2.75) is 70.1 Å². The van der Waals surface area contributed by atoms with Gasteiger partial charge in [-0.3, -0.25) is 0 Å². The fraction of sp³-hybridized carbons (Fsp3) is 0.500. The number of aryl methyl sites for hydroxylation is 2. The monoisotopic (exact) mass is 386 g/mol. The van der Waals surface area contributed by atoms with Gasteiger partial charge in [0.15, 0.2) is 0 Å². The zero-order chi connectivity index (χ0) is 17.6. The molecule has 3 nitrogen and oxygen atoms in total. The molecule has 0 atom stereocenters. The van der Waals surface area contributed by atoms with Crippen LogP contribution < -0.4 is 51.4 Å². The Morgan fingerprint density at radius 3 is 2.12 bits per heavy atom. The third-order valence-corrected chi connectivity index (χ3v) is 5.47. The van der Waals surface area contributed by atoms with Gasteiger partial charge in [0, 0.05) is 0 Å². The largest absolute Gasteiger partial charge is 1.00 e. The van der Waals surface area contributed by atoms with E-state index in [2.05, 4.69) is 13.8 Å². The number of unbranched alkanes of at least 4 members (excludes halogenated alkanes) is 4. The van der Waals surface area contributed by atoms with Gasteiger partial charge in [0.1, 0.15) is 10.1 Å². The van der Waals surface area contributed by atoms with Gasteiger partial charge in [-0.1, -0.05) is 69.9 Å². The molecule has 0 aliphatic rings. The number of hydrogen-bond acceptors (Lipinski definition) is 3. The summed E-state index contributed by atoms with van der Waals surface area (Å²) in [6.07, 6.45) is 8.12. The van der Waals surface area contributed by atoms with E-state index >= 15 is 0 Å². The van der Waals surface area contributed by atoms with E-state index in [1.807, 2.05) is 30.3 Å². The average molecular weight is 387 g/mol. The predicted molar refractivity (Wildman–Crippen MR) is 98.4 cm³/mol. The van der Waals surface area contributed by atoms with Crippen LogP contribution in [0.25, 0.3) is 10.8 Å². The number of rotatable bonds is 9. The molecule has 2 rings (SSSR count). The van der Waals surface area contributed by atoms with Gasteiger partial charge >= 0.3 is 51.4 Å². The van der Waals surface area contributed by atoms with E-state index in [9.17, 15) is 13.0 Å². The molecule has 0 unspecified atom stereocenters. The molecule has 0 aliphatic carbocycles. The van der Waals surface area contributed by atoms with E-state index < -0.39 is 10.1 Å². The molecule has 0 aliphatic heterocycles. The molecule has 25 heavy (non-hydrogen) atoms. The first-order valence-corrected chi connectivity index (χ1v) is 10.4. The minimum atomic E-state index is -4.48. The summed E-state index contributed by atoms with van der Waals surface area (Å²) < 4.78 is 35.5. The van der Waals surface area contributed by atoms with Crippen LogP contribution in [0.4, 0.5) is 0 Å². The van der Waals surface area contributed by atoms with Crippen LogP contribution in [0.15, 0.2) is 35.2 Å². The Bertz CT molecular complexity index is 785. The zero-order valence-corrected chi connectivity index (χ0v) is 19.6. The maximum atomic E-state index is 11.8. The minimum Gasteiger partial charge on any atom is -0.744 e. The van der Waals surface area contributed by atoms with Gasteiger partial charge in [0.25, 0.3) is 0 Å².